The summed E-state index contributed by atoms with van der Waals surface area (Å²) >= 11 is 9.47. The van der Waals surface area contributed by atoms with Gasteiger partial charge in [-0.1, -0.05) is 17.7 Å². The average Bonchev–Trinajstić information content (AvgIpc) is 2.71. The van der Waals surface area contributed by atoms with E-state index in [1.54, 1.807) is 31.4 Å². The Morgan fingerprint density at radius 3 is 2.60 bits per heavy atom. The Morgan fingerprint density at radius 2 is 1.93 bits per heavy atom. The predicted molar refractivity (Wildman–Crippen MR) is 122 cm³/mol. The maximum atomic E-state index is 12.0. The first-order valence-corrected chi connectivity index (χ1v) is 10.4. The lowest BCUT2D eigenvalue weighted by Gasteiger charge is -2.11. The second-order valence-electron chi connectivity index (χ2n) is 6.27. The van der Waals surface area contributed by atoms with Crippen molar-refractivity contribution in [2.45, 2.75) is 26.7 Å². The smallest absolute Gasteiger partial charge is 0.240 e. The van der Waals surface area contributed by atoms with Gasteiger partial charge in [-0.15, -0.1) is 0 Å². The summed E-state index contributed by atoms with van der Waals surface area (Å²) in [6.07, 6.45) is 1.50. The highest BCUT2D eigenvalue weighted by molar-refractivity contribution is 9.10. The van der Waals surface area contributed by atoms with Gasteiger partial charge in [0.25, 0.3) is 0 Å². The van der Waals surface area contributed by atoms with Crippen LogP contribution in [-0.2, 0) is 9.59 Å². The predicted octanol–water partition coefficient (Wildman–Crippen LogP) is 4.69. The number of hydrogen-bond acceptors (Lipinski definition) is 5. The Labute approximate surface area is 188 Å². The molecule has 2 aromatic rings. The topological polar surface area (TPSA) is 89.0 Å². The van der Waals surface area contributed by atoms with Crippen LogP contribution >= 0.6 is 27.5 Å². The van der Waals surface area contributed by atoms with E-state index in [0.29, 0.717) is 38.9 Å². The number of carbonyl (C=O) groups is 2. The Kier molecular flexibility index (Phi) is 9.14. The minimum atomic E-state index is -0.375. The van der Waals surface area contributed by atoms with Crippen molar-refractivity contribution in [1.29, 1.82) is 0 Å². The number of carbonyl (C=O) groups excluding carboxylic acids is 2. The molecule has 0 atom stereocenters. The summed E-state index contributed by atoms with van der Waals surface area (Å²) in [7, 11) is 1.54. The molecular formula is C21H23BrClN3O4. The Hall–Kier alpha value is -2.58. The van der Waals surface area contributed by atoms with Crippen LogP contribution in [0.25, 0.3) is 0 Å². The summed E-state index contributed by atoms with van der Waals surface area (Å²) in [6.45, 7) is 4.26. The number of halogens is 2. The lowest BCUT2D eigenvalue weighted by Crippen LogP contribution is -2.20. The Balaban J connectivity index is 1.85. The lowest BCUT2D eigenvalue weighted by molar-refractivity contribution is -0.124. The zero-order chi connectivity index (χ0) is 22.1. The third-order valence-corrected chi connectivity index (χ3v) is 4.97. The van der Waals surface area contributed by atoms with Crippen molar-refractivity contribution < 1.29 is 19.1 Å². The van der Waals surface area contributed by atoms with Crippen molar-refractivity contribution >= 4 is 51.2 Å². The molecule has 0 aliphatic rings. The molecule has 0 bridgehead atoms. The van der Waals surface area contributed by atoms with Crippen molar-refractivity contribution in [3.63, 3.8) is 0 Å². The van der Waals surface area contributed by atoms with Gasteiger partial charge in [0.15, 0.2) is 11.5 Å². The van der Waals surface area contributed by atoms with Gasteiger partial charge in [-0.25, -0.2) is 5.43 Å². The molecular weight excluding hydrogens is 474 g/mol. The summed E-state index contributed by atoms with van der Waals surface area (Å²) in [5.41, 5.74) is 4.62. The van der Waals surface area contributed by atoms with Crippen molar-refractivity contribution in [3.8, 4) is 11.5 Å². The first kappa shape index (κ1) is 23.7. The van der Waals surface area contributed by atoms with Crippen LogP contribution in [0.5, 0.6) is 11.5 Å². The molecule has 0 saturated carbocycles. The first-order chi connectivity index (χ1) is 14.3. The summed E-state index contributed by atoms with van der Waals surface area (Å²) in [5.74, 6) is 0.489. The number of methoxy groups -OCH3 is 1. The molecule has 0 aromatic heterocycles. The molecule has 9 heteroatoms. The van der Waals surface area contributed by atoms with Crippen molar-refractivity contribution in [3.05, 3.63) is 51.0 Å². The monoisotopic (exact) mass is 495 g/mol. The highest BCUT2D eigenvalue weighted by Crippen LogP contribution is 2.36. The average molecular weight is 497 g/mol. The number of nitrogens with one attached hydrogen (secondary N) is 2. The fraction of sp³-hybridized carbons (Fsp3) is 0.286. The SMILES string of the molecule is CCOc1c(Br)cc(C=NNC(=O)CCC(=O)Nc2ccc(C)c(Cl)c2)cc1OC. The quantitative estimate of drug-likeness (QED) is 0.389. The molecule has 0 fully saturated rings. The maximum Gasteiger partial charge on any atom is 0.240 e. The van der Waals surface area contributed by atoms with E-state index >= 15 is 0 Å². The number of nitrogens with zero attached hydrogens (tertiary/aromatic N) is 1. The van der Waals surface area contributed by atoms with E-state index in [9.17, 15) is 9.59 Å². The van der Waals surface area contributed by atoms with E-state index in [0.717, 1.165) is 5.56 Å². The number of hydrazone groups is 1. The molecule has 2 N–H and O–H groups in total. The van der Waals surface area contributed by atoms with E-state index in [-0.39, 0.29) is 24.7 Å². The van der Waals surface area contributed by atoms with E-state index in [1.165, 1.54) is 6.21 Å². The fourth-order valence-electron chi connectivity index (χ4n) is 2.45. The van der Waals surface area contributed by atoms with Gasteiger partial charge in [-0.05, 0) is 65.2 Å². The zero-order valence-corrected chi connectivity index (χ0v) is 19.3. The molecule has 0 spiro atoms. The molecule has 7 nitrogen and oxygen atoms in total. The molecule has 2 aromatic carbocycles. The molecule has 0 radical (unpaired) electrons. The fourth-order valence-corrected chi connectivity index (χ4v) is 3.21. The van der Waals surface area contributed by atoms with Crippen LogP contribution in [0.1, 0.15) is 30.9 Å². The number of hydrogen-bond donors (Lipinski definition) is 2. The summed E-state index contributed by atoms with van der Waals surface area (Å²) in [6, 6.07) is 8.78. The van der Waals surface area contributed by atoms with Gasteiger partial charge in [0, 0.05) is 23.6 Å². The van der Waals surface area contributed by atoms with Crippen LogP contribution in [0.15, 0.2) is 39.9 Å². The number of anilines is 1. The molecule has 160 valence electrons. The van der Waals surface area contributed by atoms with Gasteiger partial charge < -0.3 is 14.8 Å². The standard InChI is InChI=1S/C21H23BrClN3O4/c1-4-30-21-16(22)9-14(10-18(21)29-3)12-24-26-20(28)8-7-19(27)25-15-6-5-13(2)17(23)11-15/h5-6,9-12H,4,7-8H2,1-3H3,(H,25,27)(H,26,28). The second-order valence-corrected chi connectivity index (χ2v) is 7.53. The normalized spacial score (nSPS) is 10.7. The minimum Gasteiger partial charge on any atom is -0.493 e. The van der Waals surface area contributed by atoms with Crippen LogP contribution in [0, 0.1) is 6.92 Å². The van der Waals surface area contributed by atoms with Crippen LogP contribution in [0.4, 0.5) is 5.69 Å². The van der Waals surface area contributed by atoms with Crippen molar-refractivity contribution in [1.82, 2.24) is 5.43 Å². The second kappa shape index (κ2) is 11.6. The van der Waals surface area contributed by atoms with Crippen molar-refractivity contribution in [2.75, 3.05) is 19.0 Å². The van der Waals surface area contributed by atoms with E-state index in [1.807, 2.05) is 19.9 Å². The molecule has 2 amide bonds. The van der Waals surface area contributed by atoms with Crippen LogP contribution in [0.3, 0.4) is 0 Å². The van der Waals surface area contributed by atoms with Crippen LogP contribution in [0.2, 0.25) is 5.02 Å². The molecule has 0 aliphatic carbocycles. The molecule has 0 saturated heterocycles. The summed E-state index contributed by atoms with van der Waals surface area (Å²) in [5, 5.41) is 7.20. The van der Waals surface area contributed by atoms with Gasteiger partial charge >= 0.3 is 0 Å². The van der Waals surface area contributed by atoms with Gasteiger partial charge in [0.05, 0.1) is 24.4 Å². The van der Waals surface area contributed by atoms with Crippen LogP contribution < -0.4 is 20.2 Å². The van der Waals surface area contributed by atoms with Gasteiger partial charge in [0.1, 0.15) is 0 Å². The Bertz CT molecular complexity index is 950. The largest absolute Gasteiger partial charge is 0.493 e. The van der Waals surface area contributed by atoms with Crippen LogP contribution in [-0.4, -0.2) is 31.7 Å². The third-order valence-electron chi connectivity index (χ3n) is 3.98. The highest BCUT2D eigenvalue weighted by atomic mass is 79.9. The maximum absolute atomic E-state index is 12.0. The third kappa shape index (κ3) is 7.03. The zero-order valence-electron chi connectivity index (χ0n) is 16.9. The van der Waals surface area contributed by atoms with E-state index < -0.39 is 0 Å². The number of aryl methyl sites for hydroxylation is 1. The molecule has 0 aliphatic heterocycles. The van der Waals surface area contributed by atoms with Crippen molar-refractivity contribution in [2.24, 2.45) is 5.10 Å². The van der Waals surface area contributed by atoms with Gasteiger partial charge in [-0.2, -0.15) is 5.10 Å². The minimum absolute atomic E-state index is 0.000932. The molecule has 0 heterocycles. The molecule has 0 unspecified atom stereocenters. The highest BCUT2D eigenvalue weighted by Gasteiger charge is 2.11. The van der Waals surface area contributed by atoms with Gasteiger partial charge in [0.2, 0.25) is 11.8 Å². The van der Waals surface area contributed by atoms with Gasteiger partial charge in [-0.3, -0.25) is 9.59 Å². The van der Waals surface area contributed by atoms with E-state index in [4.69, 9.17) is 21.1 Å². The first-order valence-electron chi connectivity index (χ1n) is 9.22. The molecule has 30 heavy (non-hydrogen) atoms. The summed E-state index contributed by atoms with van der Waals surface area (Å²) in [4.78, 5) is 23.9. The summed E-state index contributed by atoms with van der Waals surface area (Å²) < 4.78 is 11.6. The number of rotatable bonds is 9. The Morgan fingerprint density at radius 1 is 1.20 bits per heavy atom. The number of amides is 2. The molecule has 2 rings (SSSR count). The number of benzene rings is 2. The van der Waals surface area contributed by atoms with E-state index in [2.05, 4.69) is 31.8 Å². The lowest BCUT2D eigenvalue weighted by atomic mass is 10.2. The number of ether oxygens (including phenoxy) is 2.